The fourth-order valence-electron chi connectivity index (χ4n) is 6.84. The number of phenolic OH excluding ortho intramolecular Hbond substituents is 1. The predicted molar refractivity (Wildman–Crippen MR) is 257 cm³/mol. The number of nitrogens with two attached hydrogens (primary N) is 3. The number of benzene rings is 1. The van der Waals surface area contributed by atoms with Crippen LogP contribution < -0.4 is 59.7 Å². The molecule has 27 nitrogen and oxygen atoms in total. The molecule has 0 aromatic heterocycles. The van der Waals surface area contributed by atoms with Crippen molar-refractivity contribution < 1.29 is 68.4 Å². The molecule has 1 aliphatic rings. The number of rotatable bonds is 29. The summed E-state index contributed by atoms with van der Waals surface area (Å²) in [6.07, 6.45) is -2.40. The first-order valence-electron chi connectivity index (χ1n) is 22.7. The first kappa shape index (κ1) is 60.5. The Hall–Kier alpha value is -6.62. The molecule has 18 N–H and O–H groups in total. The Balaban J connectivity index is 2.18. The van der Waals surface area contributed by atoms with Crippen LogP contribution in [0.5, 0.6) is 5.75 Å². The highest BCUT2D eigenvalue weighted by atomic mass is 32.1. The van der Waals surface area contributed by atoms with Crippen LogP contribution in [0.3, 0.4) is 0 Å². The van der Waals surface area contributed by atoms with Crippen LogP contribution in [0.15, 0.2) is 29.3 Å². The Morgan fingerprint density at radius 1 is 0.775 bits per heavy atom. The average molecular weight is 1020 g/mol. The second-order valence-corrected chi connectivity index (χ2v) is 17.5. The van der Waals surface area contributed by atoms with Gasteiger partial charge in [-0.1, -0.05) is 26.0 Å². The van der Waals surface area contributed by atoms with E-state index >= 15 is 0 Å². The SMILES string of the molecule is CC(C)[C@H](N)C(=O)N1CCC[C@H]1C(=O)NCC(=O)NCC(=O)N[C@@H](CS)C(=O)N[C@@H](C(=O)N[C@@H](Cc1ccc(O)cc1)C(=O)N[C@@H](C(=O)N[C@H](CCCN=C(N)N)C(=O)N[C@H](C=O)CO)[C@H](C)O)[C@@H](C)O. The molecule has 0 aliphatic carbocycles. The number of aromatic hydroxyl groups is 1. The molecule has 1 saturated heterocycles. The van der Waals surface area contributed by atoms with E-state index in [0.29, 0.717) is 24.9 Å². The summed E-state index contributed by atoms with van der Waals surface area (Å²) in [5.41, 5.74) is 17.1. The minimum absolute atomic E-state index is 0.0250. The number of nitrogens with zero attached hydrogens (tertiary/aromatic N) is 2. The van der Waals surface area contributed by atoms with Crippen molar-refractivity contribution in [2.24, 2.45) is 28.1 Å². The Morgan fingerprint density at radius 3 is 1.85 bits per heavy atom. The molecule has 396 valence electrons. The van der Waals surface area contributed by atoms with Gasteiger partial charge in [0.05, 0.1) is 37.9 Å². The van der Waals surface area contributed by atoms with Crippen molar-refractivity contribution in [2.45, 2.75) is 120 Å². The summed E-state index contributed by atoms with van der Waals surface area (Å²) in [5, 5.41) is 59.3. The number of aliphatic hydroxyl groups is 3. The first-order chi connectivity index (χ1) is 33.4. The third kappa shape index (κ3) is 20.3. The lowest BCUT2D eigenvalue weighted by atomic mass is 10.0. The number of thiol groups is 1. The quantitative estimate of drug-likeness (QED) is 0.0117. The van der Waals surface area contributed by atoms with Gasteiger partial charge < -0.3 is 89.9 Å². The lowest BCUT2D eigenvalue weighted by molar-refractivity contribution is -0.140. The van der Waals surface area contributed by atoms with E-state index in [-0.39, 0.29) is 61.4 Å². The van der Waals surface area contributed by atoms with Crippen molar-refractivity contribution in [3.63, 3.8) is 0 Å². The molecule has 2 rings (SSSR count). The highest BCUT2D eigenvalue weighted by Crippen LogP contribution is 2.20. The van der Waals surface area contributed by atoms with Gasteiger partial charge in [-0.05, 0) is 63.1 Å². The van der Waals surface area contributed by atoms with Gasteiger partial charge in [-0.3, -0.25) is 48.1 Å². The summed E-state index contributed by atoms with van der Waals surface area (Å²) in [7, 11) is 0. The molecule has 1 fully saturated rings. The van der Waals surface area contributed by atoms with Crippen LogP contribution in [0.1, 0.15) is 58.9 Å². The van der Waals surface area contributed by atoms with Gasteiger partial charge in [0.25, 0.3) is 0 Å². The molecule has 1 aromatic rings. The first-order valence-corrected chi connectivity index (χ1v) is 23.4. The van der Waals surface area contributed by atoms with Crippen LogP contribution in [0.2, 0.25) is 0 Å². The second kappa shape index (κ2) is 30.2. The number of hydrogen-bond donors (Lipinski definition) is 16. The number of nitrogens with one attached hydrogen (secondary N) is 8. The largest absolute Gasteiger partial charge is 0.508 e. The predicted octanol–water partition coefficient (Wildman–Crippen LogP) is -7.01. The van der Waals surface area contributed by atoms with E-state index in [2.05, 4.69) is 60.2 Å². The van der Waals surface area contributed by atoms with E-state index in [1.807, 2.05) is 0 Å². The highest BCUT2D eigenvalue weighted by Gasteiger charge is 2.38. The molecule has 0 bridgehead atoms. The molecule has 0 unspecified atom stereocenters. The average Bonchev–Trinajstić information content (AvgIpc) is 3.82. The van der Waals surface area contributed by atoms with Gasteiger partial charge >= 0.3 is 0 Å². The molecule has 1 heterocycles. The normalized spacial score (nSPS) is 17.0. The number of amides is 9. The van der Waals surface area contributed by atoms with Gasteiger partial charge in [-0.2, -0.15) is 12.6 Å². The third-order valence-corrected chi connectivity index (χ3v) is 11.3. The van der Waals surface area contributed by atoms with Gasteiger partial charge in [0.1, 0.15) is 54.3 Å². The second-order valence-electron chi connectivity index (χ2n) is 17.1. The standard InChI is InChI=1S/C43H69N13O14S/c1-21(2)33(44)42(70)56-14-6-8-30(56)39(67)49-16-31(62)48-17-32(63)51-29(20-71)38(66)55-35(23(4)60)41(69)53-28(15-24-9-11-26(61)12-10-24)37(65)54-34(22(3)59)40(68)52-27(7-5-13-47-43(45)46)36(64)50-25(18-57)19-58/h9-12,18,21-23,25,27-30,33-35,58-61,71H,5-8,13-17,19-20,44H2,1-4H3,(H,48,62)(H,49,67)(H,50,64)(H,51,63)(H,52,68)(H,53,69)(H,54,65)(H,55,66)(H4,45,46,47)/t22-,23+,25+,27+,28-,29-,30-,33-,34+,35+/m0/s1. The lowest BCUT2D eigenvalue weighted by Crippen LogP contribution is -2.63. The number of likely N-dealkylation sites (tertiary alicyclic amines) is 1. The maximum atomic E-state index is 14.0. The number of phenols is 1. The zero-order valence-corrected chi connectivity index (χ0v) is 40.9. The fourth-order valence-corrected chi connectivity index (χ4v) is 7.10. The number of guanidine groups is 1. The van der Waals surface area contributed by atoms with Gasteiger partial charge in [0.2, 0.25) is 53.2 Å². The molecule has 9 amide bonds. The van der Waals surface area contributed by atoms with Crippen LogP contribution in [0, 0.1) is 5.92 Å². The Morgan fingerprint density at radius 2 is 1.32 bits per heavy atom. The van der Waals surface area contributed by atoms with Gasteiger partial charge in [0, 0.05) is 25.3 Å². The number of aliphatic imine (C=N–C) groups is 1. The van der Waals surface area contributed by atoms with Crippen molar-refractivity contribution in [2.75, 3.05) is 38.5 Å². The summed E-state index contributed by atoms with van der Waals surface area (Å²) in [6.45, 7) is 4.22. The minimum atomic E-state index is -1.80. The molecule has 0 radical (unpaired) electrons. The van der Waals surface area contributed by atoms with E-state index in [9.17, 15) is 68.4 Å². The van der Waals surface area contributed by atoms with Gasteiger partial charge in [-0.25, -0.2) is 0 Å². The van der Waals surface area contributed by atoms with E-state index in [4.69, 9.17) is 17.2 Å². The molecule has 0 saturated carbocycles. The zero-order valence-electron chi connectivity index (χ0n) is 40.0. The Kier molecular flexibility index (Phi) is 25.7. The Labute approximate surface area is 415 Å². The number of carbonyl (C=O) groups excluding carboxylic acids is 10. The number of aliphatic hydroxyl groups excluding tert-OH is 3. The maximum absolute atomic E-state index is 14.0. The molecule has 1 aromatic carbocycles. The van der Waals surface area contributed by atoms with Crippen LogP contribution in [-0.4, -0.2) is 190 Å². The monoisotopic (exact) mass is 1020 g/mol. The topological polar surface area (TPSA) is 442 Å². The van der Waals surface area contributed by atoms with E-state index in [0.717, 1.165) is 13.8 Å². The summed E-state index contributed by atoms with van der Waals surface area (Å²) in [5.74, 6) is -8.75. The lowest BCUT2D eigenvalue weighted by Gasteiger charge is -2.29. The van der Waals surface area contributed by atoms with Crippen LogP contribution in [0.25, 0.3) is 0 Å². The molecule has 71 heavy (non-hydrogen) atoms. The molecule has 28 heteroatoms. The molecule has 1 aliphatic heterocycles. The summed E-state index contributed by atoms with van der Waals surface area (Å²) < 4.78 is 0. The van der Waals surface area contributed by atoms with Crippen molar-refractivity contribution in [3.05, 3.63) is 29.8 Å². The zero-order chi connectivity index (χ0) is 53.5. The van der Waals surface area contributed by atoms with Gasteiger partial charge in [0.15, 0.2) is 5.96 Å². The Bertz CT molecular complexity index is 2040. The van der Waals surface area contributed by atoms with E-state index in [1.54, 1.807) is 13.8 Å². The van der Waals surface area contributed by atoms with Crippen molar-refractivity contribution in [3.8, 4) is 5.75 Å². The van der Waals surface area contributed by atoms with Crippen LogP contribution >= 0.6 is 12.6 Å². The molecular formula is C43H69N13O14S. The third-order valence-electron chi connectivity index (χ3n) is 10.9. The molecule has 0 spiro atoms. The fraction of sp³-hybridized carbons (Fsp3) is 0.605. The number of hydrogen-bond acceptors (Lipinski definition) is 17. The summed E-state index contributed by atoms with van der Waals surface area (Å²) >= 11 is 4.11. The van der Waals surface area contributed by atoms with E-state index in [1.165, 1.54) is 29.2 Å². The van der Waals surface area contributed by atoms with Crippen LogP contribution in [-0.2, 0) is 54.4 Å². The van der Waals surface area contributed by atoms with Crippen molar-refractivity contribution in [1.29, 1.82) is 0 Å². The van der Waals surface area contributed by atoms with E-state index < -0.39 is 127 Å². The number of carbonyl (C=O) groups is 10. The minimum Gasteiger partial charge on any atom is -0.508 e. The smallest absolute Gasteiger partial charge is 0.245 e. The van der Waals surface area contributed by atoms with Gasteiger partial charge in [-0.15, -0.1) is 0 Å². The van der Waals surface area contributed by atoms with Crippen LogP contribution in [0.4, 0.5) is 0 Å². The molecular weight excluding hydrogens is 955 g/mol. The summed E-state index contributed by atoms with van der Waals surface area (Å²) in [4.78, 5) is 135. The summed E-state index contributed by atoms with van der Waals surface area (Å²) in [6, 6.07) is -5.62. The van der Waals surface area contributed by atoms with Crippen molar-refractivity contribution >= 4 is 78.0 Å². The molecule has 10 atom stereocenters. The number of aldehydes is 1. The van der Waals surface area contributed by atoms with Crippen molar-refractivity contribution in [1.82, 2.24) is 47.4 Å². The maximum Gasteiger partial charge on any atom is 0.245 e. The highest BCUT2D eigenvalue weighted by molar-refractivity contribution is 7.80.